The van der Waals surface area contributed by atoms with Crippen molar-refractivity contribution in [2.45, 2.75) is 26.9 Å². The zero-order valence-electron chi connectivity index (χ0n) is 15.8. The van der Waals surface area contributed by atoms with Crippen molar-refractivity contribution in [1.82, 2.24) is 24.3 Å². The molecular weight excluding hydrogens is 354 g/mol. The summed E-state index contributed by atoms with van der Waals surface area (Å²) in [5.74, 6) is 0.596. The lowest BCUT2D eigenvalue weighted by molar-refractivity contribution is 0.261. The highest BCUT2D eigenvalue weighted by atomic mass is 16.1. The molecule has 3 heterocycles. The van der Waals surface area contributed by atoms with Gasteiger partial charge in [0.25, 0.3) is 11.1 Å². The minimum Gasteiger partial charge on any atom is -0.309 e. The zero-order valence-corrected chi connectivity index (χ0v) is 15.8. The van der Waals surface area contributed by atoms with Gasteiger partial charge in [-0.1, -0.05) is 25.1 Å². The number of rotatable bonds is 5. The number of nitrogens with one attached hydrogen (secondary N) is 1. The summed E-state index contributed by atoms with van der Waals surface area (Å²) in [5, 5.41) is 0.578. The molecule has 0 aliphatic heterocycles. The fraction of sp³-hybridized carbons (Fsp3) is 0.238. The summed E-state index contributed by atoms with van der Waals surface area (Å²) in [7, 11) is 0. The number of hydrogen-bond donors (Lipinski definition) is 1. The van der Waals surface area contributed by atoms with Crippen molar-refractivity contribution >= 4 is 16.6 Å². The van der Waals surface area contributed by atoms with E-state index >= 15 is 0 Å². The molecule has 0 saturated carbocycles. The minimum absolute atomic E-state index is 0.100. The zero-order chi connectivity index (χ0) is 19.7. The maximum atomic E-state index is 12.4. The highest BCUT2D eigenvalue weighted by Gasteiger charge is 2.11. The van der Waals surface area contributed by atoms with Crippen LogP contribution in [0.2, 0.25) is 0 Å². The monoisotopic (exact) mass is 375 g/mol. The molecule has 7 heteroatoms. The second kappa shape index (κ2) is 7.36. The van der Waals surface area contributed by atoms with Gasteiger partial charge in [0.2, 0.25) is 0 Å². The van der Waals surface area contributed by atoms with Crippen LogP contribution in [-0.2, 0) is 13.1 Å². The van der Waals surface area contributed by atoms with Gasteiger partial charge in [-0.3, -0.25) is 18.9 Å². The Bertz CT molecular complexity index is 1280. The average molecular weight is 375 g/mol. The van der Waals surface area contributed by atoms with E-state index in [1.165, 1.54) is 0 Å². The van der Waals surface area contributed by atoms with Gasteiger partial charge in [0.15, 0.2) is 0 Å². The second-order valence-corrected chi connectivity index (χ2v) is 6.85. The van der Waals surface area contributed by atoms with Crippen molar-refractivity contribution in [2.75, 3.05) is 6.54 Å². The predicted octanol–water partition coefficient (Wildman–Crippen LogP) is 2.26. The topological polar surface area (TPSA) is 83.4 Å². The molecule has 0 atom stereocenters. The molecular formula is C21H21N5O2. The molecule has 4 aromatic rings. The maximum absolute atomic E-state index is 12.4. The van der Waals surface area contributed by atoms with E-state index in [1.807, 2.05) is 44.2 Å². The van der Waals surface area contributed by atoms with Crippen LogP contribution in [-0.4, -0.2) is 30.8 Å². The summed E-state index contributed by atoms with van der Waals surface area (Å²) in [6, 6.07) is 12.6. The third-order valence-corrected chi connectivity index (χ3v) is 4.73. The SMILES string of the molecule is CCN(Cc1cc(=O)n2cc(C)ccc2n1)Cc1nc2ccccc2c(=O)[nH]1. The molecule has 142 valence electrons. The first kappa shape index (κ1) is 18.1. The maximum Gasteiger partial charge on any atom is 0.258 e. The lowest BCUT2D eigenvalue weighted by atomic mass is 10.2. The highest BCUT2D eigenvalue weighted by molar-refractivity contribution is 5.77. The standard InChI is InChI=1S/C21H21N5O2/c1-3-25(13-18-23-17-7-5-4-6-16(17)21(28)24-18)12-15-10-20(27)26-11-14(2)8-9-19(26)22-15/h4-11H,3,12-13H2,1-2H3,(H,23,24,28). The van der Waals surface area contributed by atoms with Gasteiger partial charge >= 0.3 is 0 Å². The van der Waals surface area contributed by atoms with Gasteiger partial charge in [0, 0.05) is 18.8 Å². The van der Waals surface area contributed by atoms with Crippen LogP contribution in [0.25, 0.3) is 16.6 Å². The summed E-state index contributed by atoms with van der Waals surface area (Å²) < 4.78 is 1.55. The molecule has 0 unspecified atom stereocenters. The molecule has 0 radical (unpaired) electrons. The van der Waals surface area contributed by atoms with Crippen LogP contribution < -0.4 is 11.1 Å². The lowest BCUT2D eigenvalue weighted by Gasteiger charge is -2.19. The Morgan fingerprint density at radius 1 is 1.07 bits per heavy atom. The van der Waals surface area contributed by atoms with Crippen LogP contribution in [0.15, 0.2) is 58.3 Å². The normalized spacial score (nSPS) is 11.5. The van der Waals surface area contributed by atoms with Gasteiger partial charge < -0.3 is 4.98 Å². The number of H-pyrrole nitrogens is 1. The number of hydrogen-bond acceptors (Lipinski definition) is 5. The Hall–Kier alpha value is -3.32. The smallest absolute Gasteiger partial charge is 0.258 e. The lowest BCUT2D eigenvalue weighted by Crippen LogP contribution is -2.27. The Morgan fingerprint density at radius 3 is 2.71 bits per heavy atom. The second-order valence-electron chi connectivity index (χ2n) is 6.85. The van der Waals surface area contributed by atoms with Crippen molar-refractivity contribution < 1.29 is 0 Å². The third kappa shape index (κ3) is 3.57. The number of fused-ring (bicyclic) bond motifs is 2. The first-order chi connectivity index (χ1) is 13.5. The largest absolute Gasteiger partial charge is 0.309 e. The Morgan fingerprint density at radius 2 is 1.89 bits per heavy atom. The number of benzene rings is 1. The van der Waals surface area contributed by atoms with Gasteiger partial charge in [-0.05, 0) is 37.2 Å². The van der Waals surface area contributed by atoms with Gasteiger partial charge in [0.1, 0.15) is 11.5 Å². The molecule has 3 aromatic heterocycles. The van der Waals surface area contributed by atoms with Gasteiger partial charge in [0.05, 0.1) is 23.1 Å². The van der Waals surface area contributed by atoms with Crippen molar-refractivity contribution in [1.29, 1.82) is 0 Å². The van der Waals surface area contributed by atoms with Crippen LogP contribution in [0.5, 0.6) is 0 Å². The van der Waals surface area contributed by atoms with E-state index in [0.29, 0.717) is 41.2 Å². The predicted molar refractivity (Wildman–Crippen MR) is 108 cm³/mol. The summed E-state index contributed by atoms with van der Waals surface area (Å²) in [4.78, 5) is 38.8. The first-order valence-electron chi connectivity index (χ1n) is 9.23. The van der Waals surface area contributed by atoms with Crippen LogP contribution in [0.3, 0.4) is 0 Å². The molecule has 4 rings (SSSR count). The fourth-order valence-corrected chi connectivity index (χ4v) is 3.27. The Kier molecular flexibility index (Phi) is 4.75. The molecule has 0 aliphatic rings. The molecule has 0 fully saturated rings. The van der Waals surface area contributed by atoms with E-state index in [4.69, 9.17) is 0 Å². The van der Waals surface area contributed by atoms with E-state index in [0.717, 1.165) is 12.1 Å². The van der Waals surface area contributed by atoms with Crippen molar-refractivity contribution in [3.8, 4) is 0 Å². The van der Waals surface area contributed by atoms with E-state index in [9.17, 15) is 9.59 Å². The number of aromatic amines is 1. The molecule has 0 bridgehead atoms. The van der Waals surface area contributed by atoms with Crippen LogP contribution >= 0.6 is 0 Å². The molecule has 1 N–H and O–H groups in total. The van der Waals surface area contributed by atoms with E-state index < -0.39 is 0 Å². The highest BCUT2D eigenvalue weighted by Crippen LogP contribution is 2.09. The number of aryl methyl sites for hydroxylation is 1. The molecule has 1 aromatic carbocycles. The number of pyridine rings is 1. The van der Waals surface area contributed by atoms with Crippen LogP contribution in [0.1, 0.15) is 24.0 Å². The van der Waals surface area contributed by atoms with E-state index in [1.54, 1.807) is 22.7 Å². The molecule has 0 amide bonds. The Labute approximate surface area is 161 Å². The first-order valence-corrected chi connectivity index (χ1v) is 9.23. The van der Waals surface area contributed by atoms with Crippen molar-refractivity contribution in [3.05, 3.63) is 86.5 Å². The van der Waals surface area contributed by atoms with Gasteiger partial charge in [-0.25, -0.2) is 9.97 Å². The van der Waals surface area contributed by atoms with Gasteiger partial charge in [-0.2, -0.15) is 0 Å². The van der Waals surface area contributed by atoms with E-state index in [-0.39, 0.29) is 11.1 Å². The number of para-hydroxylation sites is 1. The summed E-state index contributed by atoms with van der Waals surface area (Å²) in [6.07, 6.45) is 1.79. The average Bonchev–Trinajstić information content (AvgIpc) is 2.68. The van der Waals surface area contributed by atoms with E-state index in [2.05, 4.69) is 19.9 Å². The third-order valence-electron chi connectivity index (χ3n) is 4.73. The van der Waals surface area contributed by atoms with Crippen LogP contribution in [0, 0.1) is 6.92 Å². The molecule has 28 heavy (non-hydrogen) atoms. The van der Waals surface area contributed by atoms with Crippen LogP contribution in [0.4, 0.5) is 0 Å². The summed E-state index contributed by atoms with van der Waals surface area (Å²) >= 11 is 0. The molecule has 0 aliphatic carbocycles. The minimum atomic E-state index is -0.144. The Balaban J connectivity index is 1.62. The number of nitrogens with zero attached hydrogens (tertiary/aromatic N) is 4. The molecule has 7 nitrogen and oxygen atoms in total. The molecule has 0 spiro atoms. The fourth-order valence-electron chi connectivity index (χ4n) is 3.27. The quantitative estimate of drug-likeness (QED) is 0.578. The molecule has 0 saturated heterocycles. The number of aromatic nitrogens is 4. The summed E-state index contributed by atoms with van der Waals surface area (Å²) in [5.41, 5.74) is 2.76. The van der Waals surface area contributed by atoms with Crippen molar-refractivity contribution in [3.63, 3.8) is 0 Å². The van der Waals surface area contributed by atoms with Gasteiger partial charge in [-0.15, -0.1) is 0 Å². The van der Waals surface area contributed by atoms with Crippen molar-refractivity contribution in [2.24, 2.45) is 0 Å². The summed E-state index contributed by atoms with van der Waals surface area (Å²) in [6.45, 7) is 5.65.